The van der Waals surface area contributed by atoms with Crippen molar-refractivity contribution in [2.45, 2.75) is 0 Å². The van der Waals surface area contributed by atoms with Gasteiger partial charge in [-0.05, 0) is 6.07 Å². The van der Waals surface area contributed by atoms with Gasteiger partial charge in [0.1, 0.15) is 5.82 Å². The van der Waals surface area contributed by atoms with Crippen LogP contribution in [0, 0.1) is 5.82 Å². The molecule has 1 heterocycles. The summed E-state index contributed by atoms with van der Waals surface area (Å²) in [5, 5.41) is 0.741. The maximum atomic E-state index is 12.9. The zero-order valence-electron chi connectivity index (χ0n) is 5.76. The first-order valence-corrected chi connectivity index (χ1v) is 3.30. The van der Waals surface area contributed by atoms with E-state index in [1.165, 1.54) is 6.07 Å². The van der Waals surface area contributed by atoms with Crippen molar-refractivity contribution in [1.29, 1.82) is 0 Å². The van der Waals surface area contributed by atoms with Crippen molar-refractivity contribution in [3.8, 4) is 0 Å². The molecule has 0 aliphatic rings. The van der Waals surface area contributed by atoms with Crippen LogP contribution in [0.25, 0.3) is 10.9 Å². The molecule has 0 spiro atoms. The number of nitrogens with two attached hydrogens (primary N) is 1. The summed E-state index contributed by atoms with van der Waals surface area (Å²) in [4.78, 5) is 2.76. The SMILES string of the molecule is Nc1c[nH]c2c(F)cccc12. The molecule has 0 aliphatic carbocycles. The Morgan fingerprint density at radius 2 is 2.18 bits per heavy atom. The zero-order chi connectivity index (χ0) is 7.84. The van der Waals surface area contributed by atoms with Crippen molar-refractivity contribution in [3.63, 3.8) is 0 Å². The number of halogens is 1. The van der Waals surface area contributed by atoms with E-state index in [4.69, 9.17) is 5.73 Å². The largest absolute Gasteiger partial charge is 0.397 e. The van der Waals surface area contributed by atoms with E-state index in [0.29, 0.717) is 11.2 Å². The van der Waals surface area contributed by atoms with Crippen LogP contribution in [0.5, 0.6) is 0 Å². The fourth-order valence-electron chi connectivity index (χ4n) is 1.14. The molecule has 0 atom stereocenters. The van der Waals surface area contributed by atoms with Crippen molar-refractivity contribution in [1.82, 2.24) is 4.98 Å². The van der Waals surface area contributed by atoms with Gasteiger partial charge in [-0.25, -0.2) is 4.39 Å². The highest BCUT2D eigenvalue weighted by Crippen LogP contribution is 2.21. The van der Waals surface area contributed by atoms with E-state index in [1.54, 1.807) is 18.3 Å². The summed E-state index contributed by atoms with van der Waals surface area (Å²) in [5.41, 5.74) is 6.61. The Labute approximate surface area is 62.8 Å². The lowest BCUT2D eigenvalue weighted by Crippen LogP contribution is -1.80. The molecule has 1 aromatic carbocycles. The normalized spacial score (nSPS) is 10.6. The summed E-state index contributed by atoms with van der Waals surface area (Å²) in [7, 11) is 0. The summed E-state index contributed by atoms with van der Waals surface area (Å²) in [6.07, 6.45) is 1.59. The predicted octanol–water partition coefficient (Wildman–Crippen LogP) is 1.89. The van der Waals surface area contributed by atoms with Gasteiger partial charge in [0.15, 0.2) is 0 Å². The van der Waals surface area contributed by atoms with E-state index in [9.17, 15) is 4.39 Å². The van der Waals surface area contributed by atoms with E-state index in [2.05, 4.69) is 4.98 Å². The van der Waals surface area contributed by atoms with Crippen LogP contribution in [-0.4, -0.2) is 4.98 Å². The van der Waals surface area contributed by atoms with Crippen LogP contribution in [0.2, 0.25) is 0 Å². The predicted molar refractivity (Wildman–Crippen MR) is 42.7 cm³/mol. The second-order valence-electron chi connectivity index (χ2n) is 2.41. The molecule has 2 rings (SSSR count). The number of aromatic amines is 1. The molecular weight excluding hydrogens is 143 g/mol. The average molecular weight is 150 g/mol. The van der Waals surface area contributed by atoms with Crippen LogP contribution in [0.4, 0.5) is 10.1 Å². The fourth-order valence-corrected chi connectivity index (χ4v) is 1.14. The van der Waals surface area contributed by atoms with Gasteiger partial charge in [-0.15, -0.1) is 0 Å². The molecule has 2 aromatic rings. The molecule has 1 aromatic heterocycles. The van der Waals surface area contributed by atoms with Gasteiger partial charge in [-0.3, -0.25) is 0 Å². The van der Waals surface area contributed by atoms with Crippen molar-refractivity contribution < 1.29 is 4.39 Å². The van der Waals surface area contributed by atoms with Crippen molar-refractivity contribution in [2.24, 2.45) is 0 Å². The van der Waals surface area contributed by atoms with E-state index in [0.717, 1.165) is 5.39 Å². The summed E-state index contributed by atoms with van der Waals surface area (Å²) < 4.78 is 12.9. The van der Waals surface area contributed by atoms with Gasteiger partial charge < -0.3 is 10.7 Å². The highest BCUT2D eigenvalue weighted by Gasteiger charge is 2.02. The standard InChI is InChI=1S/C8H7FN2/c9-6-3-1-2-5-7(10)4-11-8(5)6/h1-4,11H,10H2. The average Bonchev–Trinajstić information content (AvgIpc) is 2.35. The molecule has 0 saturated carbocycles. The van der Waals surface area contributed by atoms with Crippen LogP contribution < -0.4 is 5.73 Å². The number of benzene rings is 1. The lowest BCUT2D eigenvalue weighted by Gasteiger charge is -1.90. The molecule has 0 radical (unpaired) electrons. The second-order valence-corrected chi connectivity index (χ2v) is 2.41. The lowest BCUT2D eigenvalue weighted by molar-refractivity contribution is 0.637. The third kappa shape index (κ3) is 0.774. The van der Waals surface area contributed by atoms with E-state index in [-0.39, 0.29) is 5.82 Å². The number of nitrogens with one attached hydrogen (secondary N) is 1. The molecule has 0 aliphatic heterocycles. The first kappa shape index (κ1) is 6.22. The minimum atomic E-state index is -0.265. The van der Waals surface area contributed by atoms with E-state index < -0.39 is 0 Å². The highest BCUT2D eigenvalue weighted by atomic mass is 19.1. The summed E-state index contributed by atoms with van der Waals surface area (Å²) in [6.45, 7) is 0. The van der Waals surface area contributed by atoms with Crippen LogP contribution in [-0.2, 0) is 0 Å². The van der Waals surface area contributed by atoms with Crippen LogP contribution >= 0.6 is 0 Å². The quantitative estimate of drug-likeness (QED) is 0.591. The Balaban J connectivity index is 2.94. The van der Waals surface area contributed by atoms with Crippen LogP contribution in [0.1, 0.15) is 0 Å². The summed E-state index contributed by atoms with van der Waals surface area (Å²) in [6, 6.07) is 4.82. The number of hydrogen-bond donors (Lipinski definition) is 2. The monoisotopic (exact) mass is 150 g/mol. The molecule has 11 heavy (non-hydrogen) atoms. The number of fused-ring (bicyclic) bond motifs is 1. The van der Waals surface area contributed by atoms with Gasteiger partial charge in [-0.1, -0.05) is 12.1 Å². The topological polar surface area (TPSA) is 41.8 Å². The lowest BCUT2D eigenvalue weighted by atomic mass is 10.2. The van der Waals surface area contributed by atoms with Gasteiger partial charge in [0.2, 0.25) is 0 Å². The van der Waals surface area contributed by atoms with Crippen molar-refractivity contribution in [3.05, 3.63) is 30.2 Å². The maximum Gasteiger partial charge on any atom is 0.147 e. The molecule has 2 nitrogen and oxygen atoms in total. The third-order valence-electron chi connectivity index (χ3n) is 1.70. The zero-order valence-corrected chi connectivity index (χ0v) is 5.76. The molecule has 56 valence electrons. The number of nitrogen functional groups attached to an aromatic ring is 1. The van der Waals surface area contributed by atoms with Crippen LogP contribution in [0.15, 0.2) is 24.4 Å². The minimum Gasteiger partial charge on any atom is -0.397 e. The van der Waals surface area contributed by atoms with Crippen molar-refractivity contribution in [2.75, 3.05) is 5.73 Å². The van der Waals surface area contributed by atoms with Gasteiger partial charge in [0.25, 0.3) is 0 Å². The Bertz CT molecular complexity index is 392. The Morgan fingerprint density at radius 3 is 2.91 bits per heavy atom. The maximum absolute atomic E-state index is 12.9. The summed E-state index contributed by atoms with van der Waals surface area (Å²) >= 11 is 0. The van der Waals surface area contributed by atoms with Gasteiger partial charge >= 0.3 is 0 Å². The highest BCUT2D eigenvalue weighted by molar-refractivity contribution is 5.91. The second kappa shape index (κ2) is 1.99. The molecule has 0 fully saturated rings. The number of rotatable bonds is 0. The van der Waals surface area contributed by atoms with Gasteiger partial charge in [-0.2, -0.15) is 0 Å². The molecule has 0 unspecified atom stereocenters. The smallest absolute Gasteiger partial charge is 0.147 e. The molecule has 0 bridgehead atoms. The number of para-hydroxylation sites is 1. The Hall–Kier alpha value is -1.51. The summed E-state index contributed by atoms with van der Waals surface area (Å²) in [5.74, 6) is -0.265. The van der Waals surface area contributed by atoms with Crippen molar-refractivity contribution >= 4 is 16.6 Å². The number of hydrogen-bond acceptors (Lipinski definition) is 1. The van der Waals surface area contributed by atoms with Gasteiger partial charge in [0, 0.05) is 11.6 Å². The number of aromatic nitrogens is 1. The first-order valence-electron chi connectivity index (χ1n) is 3.30. The molecular formula is C8H7FN2. The number of anilines is 1. The fraction of sp³-hybridized carbons (Fsp3) is 0. The molecule has 3 N–H and O–H groups in total. The van der Waals surface area contributed by atoms with E-state index >= 15 is 0 Å². The van der Waals surface area contributed by atoms with Crippen LogP contribution in [0.3, 0.4) is 0 Å². The number of H-pyrrole nitrogens is 1. The third-order valence-corrected chi connectivity index (χ3v) is 1.70. The minimum absolute atomic E-state index is 0.265. The van der Waals surface area contributed by atoms with E-state index in [1.807, 2.05) is 0 Å². The molecule has 0 amide bonds. The Morgan fingerprint density at radius 1 is 1.36 bits per heavy atom. The Kier molecular flexibility index (Phi) is 1.12. The molecule has 3 heteroatoms. The first-order chi connectivity index (χ1) is 5.29. The molecule has 0 saturated heterocycles. The van der Waals surface area contributed by atoms with Gasteiger partial charge in [0.05, 0.1) is 11.2 Å².